The van der Waals surface area contributed by atoms with E-state index in [1.807, 2.05) is 0 Å². The number of hydrogen-bond acceptors (Lipinski definition) is 2. The Balaban J connectivity index is 2.21. The van der Waals surface area contributed by atoms with Gasteiger partial charge in [-0.2, -0.15) is 0 Å². The number of rotatable bonds is 5. The van der Waals surface area contributed by atoms with Crippen LogP contribution in [0.4, 0.5) is 0 Å². The molecule has 0 bridgehead atoms. The molecule has 0 spiro atoms. The summed E-state index contributed by atoms with van der Waals surface area (Å²) in [4.78, 5) is 0. The number of ether oxygens (including phenoxy) is 1. The van der Waals surface area contributed by atoms with E-state index in [1.54, 1.807) is 7.11 Å². The minimum Gasteiger partial charge on any atom is -0.496 e. The van der Waals surface area contributed by atoms with Crippen molar-refractivity contribution in [1.29, 1.82) is 0 Å². The minimum absolute atomic E-state index is 0.434. The van der Waals surface area contributed by atoms with Gasteiger partial charge in [0.05, 0.1) is 7.11 Å². The smallest absolute Gasteiger partial charge is 0.122 e. The molecular formula is C19H31NO. The number of aryl methyl sites for hydroxylation is 1. The maximum Gasteiger partial charge on any atom is 0.122 e. The van der Waals surface area contributed by atoms with Crippen LogP contribution in [0.1, 0.15) is 50.7 Å². The summed E-state index contributed by atoms with van der Waals surface area (Å²) in [6, 6.07) is 7.03. The van der Waals surface area contributed by atoms with Crippen LogP contribution in [-0.2, 0) is 6.42 Å². The van der Waals surface area contributed by atoms with E-state index in [-0.39, 0.29) is 0 Å². The van der Waals surface area contributed by atoms with Gasteiger partial charge < -0.3 is 10.1 Å². The maximum atomic E-state index is 5.56. The second-order valence-electron chi connectivity index (χ2n) is 7.26. The molecule has 1 saturated carbocycles. The zero-order valence-corrected chi connectivity index (χ0v) is 14.3. The van der Waals surface area contributed by atoms with Gasteiger partial charge in [-0.25, -0.2) is 0 Å². The molecule has 118 valence electrons. The summed E-state index contributed by atoms with van der Waals surface area (Å²) in [6.07, 6.45) is 6.49. The van der Waals surface area contributed by atoms with Gasteiger partial charge in [0.2, 0.25) is 0 Å². The van der Waals surface area contributed by atoms with Crippen LogP contribution < -0.4 is 10.1 Å². The molecule has 1 aliphatic carbocycles. The monoisotopic (exact) mass is 289 g/mol. The highest BCUT2D eigenvalue weighted by Crippen LogP contribution is 2.43. The fourth-order valence-electron chi connectivity index (χ4n) is 4.02. The van der Waals surface area contributed by atoms with Gasteiger partial charge >= 0.3 is 0 Å². The van der Waals surface area contributed by atoms with E-state index in [4.69, 9.17) is 4.74 Å². The van der Waals surface area contributed by atoms with E-state index in [2.05, 4.69) is 51.3 Å². The molecule has 0 saturated heterocycles. The van der Waals surface area contributed by atoms with Crippen LogP contribution in [0.15, 0.2) is 18.2 Å². The quantitative estimate of drug-likeness (QED) is 0.870. The van der Waals surface area contributed by atoms with Crippen molar-refractivity contribution in [2.75, 3.05) is 14.2 Å². The predicted molar refractivity (Wildman–Crippen MR) is 90.0 cm³/mol. The van der Waals surface area contributed by atoms with E-state index in [9.17, 15) is 0 Å². The van der Waals surface area contributed by atoms with Crippen LogP contribution in [0, 0.1) is 18.3 Å². The average molecular weight is 289 g/mol. The zero-order valence-electron chi connectivity index (χ0n) is 14.3. The second-order valence-corrected chi connectivity index (χ2v) is 7.26. The Bertz CT molecular complexity index is 467. The van der Waals surface area contributed by atoms with Gasteiger partial charge in [0.15, 0.2) is 0 Å². The first-order valence-corrected chi connectivity index (χ1v) is 8.28. The zero-order chi connectivity index (χ0) is 15.5. The SMILES string of the molecule is CNC(Cc1cc(C)ccc1OC)C1CCCCC1(C)C. The van der Waals surface area contributed by atoms with Gasteiger partial charge in [-0.05, 0) is 56.2 Å². The lowest BCUT2D eigenvalue weighted by Crippen LogP contribution is -2.44. The number of hydrogen-bond donors (Lipinski definition) is 1. The molecule has 1 aromatic rings. The van der Waals surface area contributed by atoms with Crippen LogP contribution in [0.5, 0.6) is 5.75 Å². The molecule has 2 atom stereocenters. The van der Waals surface area contributed by atoms with Crippen molar-refractivity contribution in [3.8, 4) is 5.75 Å². The molecule has 2 nitrogen and oxygen atoms in total. The summed E-state index contributed by atoms with van der Waals surface area (Å²) in [5, 5.41) is 3.59. The fourth-order valence-corrected chi connectivity index (χ4v) is 4.02. The average Bonchev–Trinajstić information content (AvgIpc) is 2.45. The summed E-state index contributed by atoms with van der Waals surface area (Å²) in [5.41, 5.74) is 3.07. The Morgan fingerprint density at radius 3 is 2.71 bits per heavy atom. The van der Waals surface area contributed by atoms with Crippen molar-refractivity contribution in [3.63, 3.8) is 0 Å². The highest BCUT2D eigenvalue weighted by molar-refractivity contribution is 5.37. The molecule has 2 rings (SSSR count). The third kappa shape index (κ3) is 3.79. The van der Waals surface area contributed by atoms with Crippen molar-refractivity contribution in [3.05, 3.63) is 29.3 Å². The molecule has 2 unspecified atom stereocenters. The highest BCUT2D eigenvalue weighted by atomic mass is 16.5. The molecule has 1 aromatic carbocycles. The van der Waals surface area contributed by atoms with E-state index < -0.39 is 0 Å². The van der Waals surface area contributed by atoms with Crippen molar-refractivity contribution in [1.82, 2.24) is 5.32 Å². The number of nitrogens with one attached hydrogen (secondary N) is 1. The molecule has 0 amide bonds. The van der Waals surface area contributed by atoms with Crippen LogP contribution >= 0.6 is 0 Å². The number of likely N-dealkylation sites (N-methyl/N-ethyl adjacent to an activating group) is 1. The van der Waals surface area contributed by atoms with Crippen molar-refractivity contribution in [2.45, 2.75) is 58.9 Å². The third-order valence-electron chi connectivity index (χ3n) is 5.32. The summed E-state index contributed by atoms with van der Waals surface area (Å²) in [7, 11) is 3.88. The van der Waals surface area contributed by atoms with Gasteiger partial charge in [0.1, 0.15) is 5.75 Å². The Morgan fingerprint density at radius 1 is 1.33 bits per heavy atom. The van der Waals surface area contributed by atoms with Gasteiger partial charge in [-0.15, -0.1) is 0 Å². The first kappa shape index (κ1) is 16.4. The molecule has 0 heterocycles. The summed E-state index contributed by atoms with van der Waals surface area (Å²) < 4.78 is 5.56. The number of methoxy groups -OCH3 is 1. The Morgan fingerprint density at radius 2 is 2.10 bits per heavy atom. The molecule has 1 N–H and O–H groups in total. The Kier molecular flexibility index (Phi) is 5.32. The van der Waals surface area contributed by atoms with Gasteiger partial charge in [-0.1, -0.05) is 44.4 Å². The lowest BCUT2D eigenvalue weighted by molar-refractivity contribution is 0.101. The summed E-state index contributed by atoms with van der Waals surface area (Å²) in [6.45, 7) is 7.03. The van der Waals surface area contributed by atoms with Crippen LogP contribution in [0.3, 0.4) is 0 Å². The maximum absolute atomic E-state index is 5.56. The van der Waals surface area contributed by atoms with Crippen molar-refractivity contribution in [2.24, 2.45) is 11.3 Å². The number of benzene rings is 1. The first-order chi connectivity index (χ1) is 9.97. The summed E-state index contributed by atoms with van der Waals surface area (Å²) >= 11 is 0. The fraction of sp³-hybridized carbons (Fsp3) is 0.684. The molecule has 21 heavy (non-hydrogen) atoms. The van der Waals surface area contributed by atoms with Gasteiger partial charge in [0.25, 0.3) is 0 Å². The lowest BCUT2D eigenvalue weighted by atomic mass is 9.65. The topological polar surface area (TPSA) is 21.3 Å². The van der Waals surface area contributed by atoms with Crippen LogP contribution in [0.2, 0.25) is 0 Å². The van der Waals surface area contributed by atoms with Gasteiger partial charge in [-0.3, -0.25) is 0 Å². The molecule has 1 fully saturated rings. The molecule has 1 aliphatic rings. The molecule has 0 aromatic heterocycles. The van der Waals surface area contributed by atoms with Crippen LogP contribution in [-0.4, -0.2) is 20.2 Å². The Hall–Kier alpha value is -1.02. The van der Waals surface area contributed by atoms with E-state index in [0.29, 0.717) is 11.5 Å². The van der Waals surface area contributed by atoms with E-state index >= 15 is 0 Å². The largest absolute Gasteiger partial charge is 0.496 e. The Labute approximate surface area is 130 Å². The normalized spacial score (nSPS) is 22.8. The lowest BCUT2D eigenvalue weighted by Gasteiger charge is -2.43. The molecule has 0 radical (unpaired) electrons. The third-order valence-corrected chi connectivity index (χ3v) is 5.32. The van der Waals surface area contributed by atoms with Crippen LogP contribution in [0.25, 0.3) is 0 Å². The van der Waals surface area contributed by atoms with Crippen molar-refractivity contribution >= 4 is 0 Å². The second kappa shape index (κ2) is 6.83. The predicted octanol–water partition coefficient (Wildman–Crippen LogP) is 4.35. The van der Waals surface area contributed by atoms with Gasteiger partial charge in [0, 0.05) is 6.04 Å². The first-order valence-electron chi connectivity index (χ1n) is 8.28. The standard InChI is InChI=1S/C19H31NO/c1-14-9-10-18(21-5)15(12-14)13-17(20-4)16-8-6-7-11-19(16,2)3/h9-10,12,16-17,20H,6-8,11,13H2,1-5H3. The van der Waals surface area contributed by atoms with Crippen molar-refractivity contribution < 1.29 is 4.74 Å². The summed E-state index contributed by atoms with van der Waals surface area (Å²) in [5.74, 6) is 1.76. The highest BCUT2D eigenvalue weighted by Gasteiger charge is 2.37. The molecular weight excluding hydrogens is 258 g/mol. The molecule has 2 heteroatoms. The minimum atomic E-state index is 0.434. The van der Waals surface area contributed by atoms with E-state index in [0.717, 1.165) is 18.1 Å². The molecule has 0 aliphatic heterocycles. The van der Waals surface area contributed by atoms with E-state index in [1.165, 1.54) is 36.8 Å².